The summed E-state index contributed by atoms with van der Waals surface area (Å²) >= 11 is 0. The molecule has 1 unspecified atom stereocenters. The highest BCUT2D eigenvalue weighted by molar-refractivity contribution is 7.85. The highest BCUT2D eigenvalue weighted by Gasteiger charge is 2.21. The second-order valence-electron chi connectivity index (χ2n) is 3.89. The number of hydrogen-bond donors (Lipinski definition) is 2. The number of carbonyl (C=O) groups is 1. The summed E-state index contributed by atoms with van der Waals surface area (Å²) in [4.78, 5) is 21.2. The normalized spacial score (nSPS) is 12.7. The number of nitro groups is 1. The van der Waals surface area contributed by atoms with Crippen LogP contribution in [0, 0.1) is 10.1 Å². The zero-order valence-electron chi connectivity index (χ0n) is 10.1. The van der Waals surface area contributed by atoms with Crippen LogP contribution in [-0.2, 0) is 26.3 Å². The summed E-state index contributed by atoms with van der Waals surface area (Å²) < 4.78 is 34.3. The first-order valence-corrected chi connectivity index (χ1v) is 6.90. The van der Waals surface area contributed by atoms with E-state index in [4.69, 9.17) is 15.0 Å². The molecule has 0 aromatic heterocycles. The first kappa shape index (κ1) is 16.0. The molecule has 0 spiro atoms. The Morgan fingerprint density at radius 2 is 1.95 bits per heavy atom. The molecule has 0 bridgehead atoms. The fraction of sp³-hybridized carbons (Fsp3) is 0.300. The number of nitrogens with two attached hydrogens (primary N) is 1. The van der Waals surface area contributed by atoms with Crippen LogP contribution in [0.1, 0.15) is 5.56 Å². The van der Waals surface area contributed by atoms with Crippen LogP contribution in [0.2, 0.25) is 0 Å². The molecule has 0 saturated carbocycles. The molecule has 0 aliphatic carbocycles. The van der Waals surface area contributed by atoms with Crippen molar-refractivity contribution in [3.05, 3.63) is 39.9 Å². The molecule has 0 aliphatic heterocycles. The number of nitrogens with zero attached hydrogens (tertiary/aromatic N) is 1. The van der Waals surface area contributed by atoms with Crippen molar-refractivity contribution in [1.29, 1.82) is 0 Å². The summed E-state index contributed by atoms with van der Waals surface area (Å²) in [6.07, 6.45) is 0. The Kier molecular flexibility index (Phi) is 5.13. The number of hydrogen-bond acceptors (Lipinski definition) is 7. The number of ether oxygens (including phenoxy) is 1. The molecule has 0 fully saturated rings. The van der Waals surface area contributed by atoms with Gasteiger partial charge in [-0.2, -0.15) is 8.42 Å². The third-order valence-corrected chi connectivity index (χ3v) is 3.00. The predicted molar refractivity (Wildman–Crippen MR) is 67.3 cm³/mol. The lowest BCUT2D eigenvalue weighted by molar-refractivity contribution is -0.384. The maximum atomic E-state index is 11.3. The maximum absolute atomic E-state index is 11.3. The van der Waals surface area contributed by atoms with Crippen LogP contribution in [-0.4, -0.2) is 35.7 Å². The highest BCUT2D eigenvalue weighted by atomic mass is 32.2. The van der Waals surface area contributed by atoms with Gasteiger partial charge in [0.2, 0.25) is 0 Å². The van der Waals surface area contributed by atoms with Crippen LogP contribution >= 0.6 is 0 Å². The predicted octanol–water partition coefficient (Wildman–Crippen LogP) is -0.147. The van der Waals surface area contributed by atoms with E-state index in [0.29, 0.717) is 5.56 Å². The van der Waals surface area contributed by atoms with Gasteiger partial charge in [-0.25, -0.2) is 0 Å². The molecule has 20 heavy (non-hydrogen) atoms. The fourth-order valence-corrected chi connectivity index (χ4v) is 1.86. The van der Waals surface area contributed by atoms with Crippen LogP contribution in [0.15, 0.2) is 24.3 Å². The molecule has 0 heterocycles. The number of nitro benzene ring substituents is 1. The molecule has 1 aromatic rings. The lowest BCUT2D eigenvalue weighted by Crippen LogP contribution is -2.38. The maximum Gasteiger partial charge on any atom is 0.324 e. The van der Waals surface area contributed by atoms with E-state index in [2.05, 4.69) is 0 Å². The molecule has 1 aromatic carbocycles. The molecule has 9 nitrogen and oxygen atoms in total. The standard InChI is InChI=1S/C10H12N2O7S/c11-9(6-20(16,17)18)10(13)19-5-7-1-3-8(4-2-7)12(14)15/h1-4,9H,5-6,11H2,(H,16,17,18). The molecule has 1 rings (SSSR count). The largest absolute Gasteiger partial charge is 0.460 e. The average molecular weight is 304 g/mol. The Hall–Kier alpha value is -2.04. The summed E-state index contributed by atoms with van der Waals surface area (Å²) in [6, 6.07) is 3.75. The molecule has 1 atom stereocenters. The van der Waals surface area contributed by atoms with Gasteiger partial charge in [-0.05, 0) is 17.7 Å². The molecular weight excluding hydrogens is 292 g/mol. The minimum atomic E-state index is -4.37. The minimum absolute atomic E-state index is 0.108. The van der Waals surface area contributed by atoms with Crippen LogP contribution in [0.25, 0.3) is 0 Å². The Morgan fingerprint density at radius 3 is 2.40 bits per heavy atom. The van der Waals surface area contributed by atoms with Crippen molar-refractivity contribution >= 4 is 21.8 Å². The van der Waals surface area contributed by atoms with E-state index in [0.717, 1.165) is 0 Å². The van der Waals surface area contributed by atoms with E-state index in [9.17, 15) is 23.3 Å². The van der Waals surface area contributed by atoms with Gasteiger partial charge < -0.3 is 10.5 Å². The van der Waals surface area contributed by atoms with Gasteiger partial charge in [-0.3, -0.25) is 19.5 Å². The molecular formula is C10H12N2O7S. The molecule has 3 N–H and O–H groups in total. The number of rotatable bonds is 6. The van der Waals surface area contributed by atoms with Gasteiger partial charge in [-0.15, -0.1) is 0 Å². The van der Waals surface area contributed by atoms with E-state index < -0.39 is 32.8 Å². The average Bonchev–Trinajstić information content (AvgIpc) is 2.34. The summed E-state index contributed by atoms with van der Waals surface area (Å²) in [5.74, 6) is -1.94. The van der Waals surface area contributed by atoms with E-state index in [1.807, 2.05) is 0 Å². The molecule has 0 radical (unpaired) electrons. The van der Waals surface area contributed by atoms with Gasteiger partial charge in [0.1, 0.15) is 18.4 Å². The second kappa shape index (κ2) is 6.41. The first-order valence-electron chi connectivity index (χ1n) is 5.30. The van der Waals surface area contributed by atoms with Gasteiger partial charge in [-0.1, -0.05) is 0 Å². The van der Waals surface area contributed by atoms with Crippen molar-refractivity contribution in [3.8, 4) is 0 Å². The van der Waals surface area contributed by atoms with E-state index in [-0.39, 0.29) is 12.3 Å². The number of carbonyl (C=O) groups excluding carboxylic acids is 1. The van der Waals surface area contributed by atoms with Crippen molar-refractivity contribution < 1.29 is 27.4 Å². The summed E-state index contributed by atoms with van der Waals surface area (Å²) in [5, 5.41) is 10.4. The fourth-order valence-electron chi connectivity index (χ4n) is 1.27. The van der Waals surface area contributed by atoms with Crippen molar-refractivity contribution in [3.63, 3.8) is 0 Å². The quantitative estimate of drug-likeness (QED) is 0.319. The van der Waals surface area contributed by atoms with Crippen LogP contribution < -0.4 is 5.73 Å². The smallest absolute Gasteiger partial charge is 0.324 e. The minimum Gasteiger partial charge on any atom is -0.460 e. The van der Waals surface area contributed by atoms with Gasteiger partial charge in [0.25, 0.3) is 15.8 Å². The third-order valence-electron chi connectivity index (χ3n) is 2.22. The van der Waals surface area contributed by atoms with E-state index in [1.54, 1.807) is 0 Å². The lowest BCUT2D eigenvalue weighted by Gasteiger charge is -2.09. The molecule has 0 amide bonds. The van der Waals surface area contributed by atoms with E-state index in [1.165, 1.54) is 24.3 Å². The van der Waals surface area contributed by atoms with Crippen molar-refractivity contribution in [1.82, 2.24) is 0 Å². The Bertz CT molecular complexity index is 597. The highest BCUT2D eigenvalue weighted by Crippen LogP contribution is 2.12. The van der Waals surface area contributed by atoms with Gasteiger partial charge in [0, 0.05) is 12.1 Å². The summed E-state index contributed by atoms with van der Waals surface area (Å²) in [7, 11) is -4.37. The summed E-state index contributed by atoms with van der Waals surface area (Å²) in [5.41, 5.74) is 5.60. The van der Waals surface area contributed by atoms with Gasteiger partial charge >= 0.3 is 5.97 Å². The van der Waals surface area contributed by atoms with Crippen LogP contribution in [0.5, 0.6) is 0 Å². The number of esters is 1. The van der Waals surface area contributed by atoms with Crippen molar-refractivity contribution in [2.24, 2.45) is 5.73 Å². The summed E-state index contributed by atoms with van der Waals surface area (Å²) in [6.45, 7) is -0.212. The van der Waals surface area contributed by atoms with Crippen molar-refractivity contribution in [2.75, 3.05) is 5.75 Å². The zero-order valence-corrected chi connectivity index (χ0v) is 10.9. The van der Waals surface area contributed by atoms with Crippen LogP contribution in [0.4, 0.5) is 5.69 Å². The molecule has 0 saturated heterocycles. The Morgan fingerprint density at radius 1 is 1.40 bits per heavy atom. The monoisotopic (exact) mass is 304 g/mol. The lowest BCUT2D eigenvalue weighted by atomic mass is 10.2. The topological polar surface area (TPSA) is 150 Å². The second-order valence-corrected chi connectivity index (χ2v) is 5.38. The number of non-ortho nitro benzene ring substituents is 1. The molecule has 0 aliphatic rings. The van der Waals surface area contributed by atoms with Gasteiger partial charge in [0.05, 0.1) is 4.92 Å². The third kappa shape index (κ3) is 5.30. The zero-order chi connectivity index (χ0) is 15.3. The molecule has 110 valence electrons. The first-order chi connectivity index (χ1) is 9.19. The Labute approximate surface area is 114 Å². The molecule has 10 heteroatoms. The SMILES string of the molecule is NC(CS(=O)(=O)O)C(=O)OCc1ccc([N+](=O)[O-])cc1. The number of benzene rings is 1. The van der Waals surface area contributed by atoms with Gasteiger partial charge in [0.15, 0.2) is 0 Å². The Balaban J connectivity index is 2.54. The van der Waals surface area contributed by atoms with Crippen LogP contribution in [0.3, 0.4) is 0 Å². The van der Waals surface area contributed by atoms with E-state index >= 15 is 0 Å². The van der Waals surface area contributed by atoms with Crippen molar-refractivity contribution in [2.45, 2.75) is 12.6 Å².